The number of alkyl halides is 2. The fourth-order valence-electron chi connectivity index (χ4n) is 1.36. The number of halogens is 3. The number of carbonyl (C=O) groups is 1. The lowest BCUT2D eigenvalue weighted by Gasteiger charge is -2.13. The number of nitrogen functional groups attached to an aromatic ring is 1. The van der Waals surface area contributed by atoms with Gasteiger partial charge in [0.15, 0.2) is 5.75 Å². The Morgan fingerprint density at radius 3 is 2.72 bits per heavy atom. The SMILES string of the molecule is CCOC(=O)Cc1ccc(Cl)c(N)c1OC(F)F. The lowest BCUT2D eigenvalue weighted by molar-refractivity contribution is -0.142. The second-order valence-corrected chi connectivity index (χ2v) is 3.72. The van der Waals surface area contributed by atoms with Crippen LogP contribution in [0.2, 0.25) is 5.02 Å². The van der Waals surface area contributed by atoms with Crippen LogP contribution < -0.4 is 10.5 Å². The number of benzene rings is 1. The maximum absolute atomic E-state index is 12.3. The monoisotopic (exact) mass is 279 g/mol. The van der Waals surface area contributed by atoms with E-state index < -0.39 is 12.6 Å². The van der Waals surface area contributed by atoms with Crippen molar-refractivity contribution in [3.8, 4) is 5.75 Å². The number of hydrogen-bond donors (Lipinski definition) is 1. The molecule has 0 atom stereocenters. The minimum atomic E-state index is -3.05. The molecule has 0 radical (unpaired) electrons. The smallest absolute Gasteiger partial charge is 0.387 e. The second kappa shape index (κ2) is 6.39. The molecule has 0 amide bonds. The molecule has 0 spiro atoms. The molecule has 18 heavy (non-hydrogen) atoms. The van der Waals surface area contributed by atoms with E-state index in [0.717, 1.165) is 0 Å². The standard InChI is InChI=1S/C11H12ClF2NO3/c1-2-17-8(16)5-6-3-4-7(12)9(15)10(6)18-11(13)14/h3-4,11H,2,5,15H2,1H3. The Morgan fingerprint density at radius 2 is 2.17 bits per heavy atom. The summed E-state index contributed by atoms with van der Waals surface area (Å²) in [5.74, 6) is -0.844. The van der Waals surface area contributed by atoms with Crippen LogP contribution >= 0.6 is 11.6 Å². The highest BCUT2D eigenvalue weighted by Gasteiger charge is 2.18. The third-order valence-electron chi connectivity index (χ3n) is 2.07. The number of nitrogens with two attached hydrogens (primary N) is 1. The van der Waals surface area contributed by atoms with Crippen LogP contribution in [0.15, 0.2) is 12.1 Å². The van der Waals surface area contributed by atoms with Crippen LogP contribution in [0.4, 0.5) is 14.5 Å². The molecule has 1 aromatic rings. The van der Waals surface area contributed by atoms with Gasteiger partial charge in [0.1, 0.15) is 0 Å². The Bertz CT molecular complexity index is 441. The summed E-state index contributed by atoms with van der Waals surface area (Å²) in [6.07, 6.45) is -0.211. The topological polar surface area (TPSA) is 61.5 Å². The van der Waals surface area contributed by atoms with E-state index in [9.17, 15) is 13.6 Å². The zero-order valence-electron chi connectivity index (χ0n) is 9.58. The highest BCUT2D eigenvalue weighted by atomic mass is 35.5. The predicted octanol–water partition coefficient (Wildman–Crippen LogP) is 2.63. The van der Waals surface area contributed by atoms with Gasteiger partial charge in [-0.1, -0.05) is 17.7 Å². The molecule has 2 N–H and O–H groups in total. The second-order valence-electron chi connectivity index (χ2n) is 3.31. The van der Waals surface area contributed by atoms with Gasteiger partial charge in [-0.25, -0.2) is 0 Å². The lowest BCUT2D eigenvalue weighted by Crippen LogP contribution is -2.12. The van der Waals surface area contributed by atoms with Crippen LogP contribution in [0.3, 0.4) is 0 Å². The van der Waals surface area contributed by atoms with Gasteiger partial charge in [-0.3, -0.25) is 4.79 Å². The zero-order valence-corrected chi connectivity index (χ0v) is 10.3. The van der Waals surface area contributed by atoms with Crippen molar-refractivity contribution in [2.24, 2.45) is 0 Å². The lowest BCUT2D eigenvalue weighted by atomic mass is 10.1. The van der Waals surface area contributed by atoms with Gasteiger partial charge in [-0.2, -0.15) is 8.78 Å². The van der Waals surface area contributed by atoms with E-state index in [1.54, 1.807) is 6.92 Å². The summed E-state index contributed by atoms with van der Waals surface area (Å²) in [5.41, 5.74) is 5.62. The third kappa shape index (κ3) is 3.73. The summed E-state index contributed by atoms with van der Waals surface area (Å²) in [6.45, 7) is -1.20. The predicted molar refractivity (Wildman–Crippen MR) is 62.8 cm³/mol. The first-order valence-corrected chi connectivity index (χ1v) is 5.50. The minimum absolute atomic E-state index is 0.0817. The molecule has 0 unspecified atom stereocenters. The average Bonchev–Trinajstić information content (AvgIpc) is 2.28. The zero-order chi connectivity index (χ0) is 13.7. The normalized spacial score (nSPS) is 10.5. The van der Waals surface area contributed by atoms with Gasteiger partial charge < -0.3 is 15.2 Å². The van der Waals surface area contributed by atoms with Crippen LogP contribution in [0, 0.1) is 0 Å². The van der Waals surface area contributed by atoms with E-state index >= 15 is 0 Å². The van der Waals surface area contributed by atoms with Crippen molar-refractivity contribution in [1.29, 1.82) is 0 Å². The van der Waals surface area contributed by atoms with E-state index in [1.807, 2.05) is 0 Å². The molecule has 0 heterocycles. The molecule has 1 aromatic carbocycles. The van der Waals surface area contributed by atoms with E-state index in [2.05, 4.69) is 4.74 Å². The van der Waals surface area contributed by atoms with Crippen molar-refractivity contribution < 1.29 is 23.0 Å². The number of hydrogen-bond acceptors (Lipinski definition) is 4. The molecule has 0 aliphatic heterocycles. The molecule has 0 saturated carbocycles. The molecule has 1 rings (SSSR count). The fourth-order valence-corrected chi connectivity index (χ4v) is 1.50. The van der Waals surface area contributed by atoms with Crippen LogP contribution in [0.5, 0.6) is 5.75 Å². The van der Waals surface area contributed by atoms with Gasteiger partial charge in [0.25, 0.3) is 0 Å². The van der Waals surface area contributed by atoms with E-state index in [4.69, 9.17) is 22.1 Å². The summed E-state index contributed by atoms with van der Waals surface area (Å²) >= 11 is 5.70. The maximum Gasteiger partial charge on any atom is 0.387 e. The third-order valence-corrected chi connectivity index (χ3v) is 2.40. The molecule has 0 fully saturated rings. The molecule has 0 saturated heterocycles. The highest BCUT2D eigenvalue weighted by Crippen LogP contribution is 2.34. The Balaban J connectivity index is 3.02. The Labute approximate surface area is 108 Å². The number of rotatable bonds is 5. The first-order chi connectivity index (χ1) is 8.45. The van der Waals surface area contributed by atoms with Gasteiger partial charge in [0, 0.05) is 5.56 Å². The maximum atomic E-state index is 12.3. The van der Waals surface area contributed by atoms with Gasteiger partial charge in [-0.05, 0) is 13.0 Å². The average molecular weight is 280 g/mol. The van der Waals surface area contributed by atoms with Gasteiger partial charge in [-0.15, -0.1) is 0 Å². The summed E-state index contributed by atoms with van der Waals surface area (Å²) in [5, 5.41) is 0.0817. The first kappa shape index (κ1) is 14.5. The van der Waals surface area contributed by atoms with Crippen molar-refractivity contribution >= 4 is 23.3 Å². The van der Waals surface area contributed by atoms with Crippen LogP contribution in [0.1, 0.15) is 12.5 Å². The summed E-state index contributed by atoms with van der Waals surface area (Å²) in [4.78, 5) is 11.3. The fraction of sp³-hybridized carbons (Fsp3) is 0.364. The van der Waals surface area contributed by atoms with E-state index in [1.165, 1.54) is 12.1 Å². The molecule has 7 heteroatoms. The molecule has 0 aliphatic carbocycles. The van der Waals surface area contributed by atoms with E-state index in [-0.39, 0.29) is 35.1 Å². The molecule has 0 aliphatic rings. The number of anilines is 1. The molecule has 4 nitrogen and oxygen atoms in total. The number of esters is 1. The molecule has 0 bridgehead atoms. The summed E-state index contributed by atoms with van der Waals surface area (Å²) in [7, 11) is 0. The Morgan fingerprint density at radius 1 is 1.50 bits per heavy atom. The largest absolute Gasteiger partial charge is 0.466 e. The molecular formula is C11H12ClF2NO3. The van der Waals surface area contributed by atoms with Crippen molar-refractivity contribution in [3.05, 3.63) is 22.7 Å². The summed E-state index contributed by atoms with van der Waals surface area (Å²) < 4.78 is 33.5. The van der Waals surface area contributed by atoms with Crippen LogP contribution in [-0.4, -0.2) is 19.2 Å². The Hall–Kier alpha value is -1.56. The Kier molecular flexibility index (Phi) is 5.15. The van der Waals surface area contributed by atoms with Gasteiger partial charge in [0.2, 0.25) is 0 Å². The quantitative estimate of drug-likeness (QED) is 0.665. The van der Waals surface area contributed by atoms with Crippen molar-refractivity contribution in [3.63, 3.8) is 0 Å². The van der Waals surface area contributed by atoms with Gasteiger partial charge >= 0.3 is 12.6 Å². The minimum Gasteiger partial charge on any atom is -0.466 e. The van der Waals surface area contributed by atoms with Gasteiger partial charge in [0.05, 0.1) is 23.7 Å². The number of carbonyl (C=O) groups excluding carboxylic acids is 1. The summed E-state index contributed by atoms with van der Waals surface area (Å²) in [6, 6.07) is 2.80. The highest BCUT2D eigenvalue weighted by molar-refractivity contribution is 6.33. The van der Waals surface area contributed by atoms with Crippen molar-refractivity contribution in [1.82, 2.24) is 0 Å². The molecular weight excluding hydrogens is 268 g/mol. The van der Waals surface area contributed by atoms with Crippen molar-refractivity contribution in [2.75, 3.05) is 12.3 Å². The molecule has 0 aromatic heterocycles. The number of ether oxygens (including phenoxy) is 2. The van der Waals surface area contributed by atoms with Crippen LogP contribution in [0.25, 0.3) is 0 Å². The first-order valence-electron chi connectivity index (χ1n) is 5.13. The van der Waals surface area contributed by atoms with Crippen molar-refractivity contribution in [2.45, 2.75) is 20.0 Å². The molecule has 100 valence electrons. The van der Waals surface area contributed by atoms with Crippen LogP contribution in [-0.2, 0) is 16.0 Å². The van der Waals surface area contributed by atoms with E-state index in [0.29, 0.717) is 0 Å².